The van der Waals surface area contributed by atoms with Gasteiger partial charge in [0.05, 0.1) is 12.8 Å². The van der Waals surface area contributed by atoms with E-state index in [9.17, 15) is 13.2 Å². The number of rotatable bonds is 5. The second-order valence-electron chi connectivity index (χ2n) is 5.41. The molecule has 0 spiro atoms. The molecule has 1 amide bonds. The zero-order valence-electron chi connectivity index (χ0n) is 13.5. The fourth-order valence-corrected chi connectivity index (χ4v) is 2.15. The van der Waals surface area contributed by atoms with Crippen LogP contribution in [0.5, 0.6) is 0 Å². The van der Waals surface area contributed by atoms with Crippen LogP contribution in [0.2, 0.25) is 0 Å². The number of nitrogens with one attached hydrogen (secondary N) is 1. The highest BCUT2D eigenvalue weighted by molar-refractivity contribution is 7.86. The van der Waals surface area contributed by atoms with E-state index in [0.29, 0.717) is 0 Å². The first-order valence-corrected chi connectivity index (χ1v) is 7.79. The number of hydrogen-bond donors (Lipinski definition) is 1. The maximum absolute atomic E-state index is 11.9. The number of amides is 1. The van der Waals surface area contributed by atoms with Crippen LogP contribution in [0.15, 0.2) is 29.2 Å². The summed E-state index contributed by atoms with van der Waals surface area (Å²) in [5.41, 5.74) is 0.240. The van der Waals surface area contributed by atoms with Crippen molar-refractivity contribution in [1.29, 1.82) is 0 Å². The van der Waals surface area contributed by atoms with Gasteiger partial charge < -0.3 is 10.1 Å². The van der Waals surface area contributed by atoms with Crippen molar-refractivity contribution in [3.05, 3.63) is 29.8 Å². The zero-order valence-corrected chi connectivity index (χ0v) is 13.4. The maximum Gasteiger partial charge on any atom is 0.407 e. The van der Waals surface area contributed by atoms with Gasteiger partial charge in [-0.1, -0.05) is 17.7 Å². The van der Waals surface area contributed by atoms with Crippen molar-refractivity contribution in [2.24, 2.45) is 0 Å². The summed E-state index contributed by atoms with van der Waals surface area (Å²) in [5.74, 6) is 0. The van der Waals surface area contributed by atoms with E-state index in [0.717, 1.165) is 5.56 Å². The quantitative estimate of drug-likeness (QED) is 0.842. The summed E-state index contributed by atoms with van der Waals surface area (Å²) in [6.45, 7) is 5.16. The van der Waals surface area contributed by atoms with E-state index in [2.05, 4.69) is 5.32 Å². The molecule has 6 nitrogen and oxygen atoms in total. The molecule has 0 aliphatic rings. The van der Waals surface area contributed by atoms with Crippen molar-refractivity contribution in [2.45, 2.75) is 38.2 Å². The lowest BCUT2D eigenvalue weighted by atomic mass is 10.2. The lowest BCUT2D eigenvalue weighted by Crippen LogP contribution is -2.34. The largest absolute Gasteiger partial charge is 0.444 e. The topological polar surface area (TPSA) is 81.7 Å². The predicted octanol–water partition coefficient (Wildman–Crippen LogP) is 2.23. The maximum atomic E-state index is 11.9. The molecule has 0 radical (unpaired) electrons. The molecule has 0 aromatic heterocycles. The third-order valence-corrected chi connectivity index (χ3v) is 3.47. The van der Waals surface area contributed by atoms with E-state index in [1.807, 2.05) is 6.92 Å². The first kappa shape index (κ1) is 15.8. The van der Waals surface area contributed by atoms with Gasteiger partial charge in [0.1, 0.15) is 5.60 Å². The number of hydrogen-bond acceptors (Lipinski definition) is 5. The molecule has 7 heteroatoms. The Hall–Kier alpha value is -1.60. The summed E-state index contributed by atoms with van der Waals surface area (Å²) in [6, 6.07) is 6.07. The van der Waals surface area contributed by atoms with Crippen LogP contribution in [0, 0.1) is 6.92 Å². The molecule has 0 heterocycles. The molecule has 0 saturated carbocycles. The van der Waals surface area contributed by atoms with Gasteiger partial charge in [-0.25, -0.2) is 4.79 Å². The number of carbonyl (C=O) groups is 1. The average molecular weight is 316 g/mol. The Morgan fingerprint density at radius 1 is 1.29 bits per heavy atom. The Morgan fingerprint density at radius 3 is 2.38 bits per heavy atom. The van der Waals surface area contributed by atoms with Crippen molar-refractivity contribution in [2.75, 3.05) is 13.1 Å². The standard InChI is InChI=1S/C14H21NO5S/c1-11-5-7-12(8-6-11)21(17,18)19-10-9-15-13(16)20-14(2,3)4/h5-8H,9-10H2,1-4H3,(H,15,16)/i10D. The minimum Gasteiger partial charge on any atom is -0.444 e. The van der Waals surface area contributed by atoms with E-state index in [1.54, 1.807) is 32.9 Å². The molecular formula is C14H21NO5S. The van der Waals surface area contributed by atoms with Crippen molar-refractivity contribution < 1.29 is 23.5 Å². The van der Waals surface area contributed by atoms with Crippen LogP contribution >= 0.6 is 0 Å². The molecule has 0 fully saturated rings. The minimum atomic E-state index is -4.04. The zero-order chi connectivity index (χ0) is 17.0. The summed E-state index contributed by atoms with van der Waals surface area (Å²) in [5, 5.41) is 2.28. The highest BCUT2D eigenvalue weighted by Gasteiger charge is 2.17. The smallest absolute Gasteiger partial charge is 0.407 e. The summed E-state index contributed by atoms with van der Waals surface area (Å²) >= 11 is 0. The van der Waals surface area contributed by atoms with Crippen molar-refractivity contribution >= 4 is 16.2 Å². The molecule has 1 rings (SSSR count). The molecule has 0 bridgehead atoms. The molecule has 0 aliphatic heterocycles. The van der Waals surface area contributed by atoms with Crippen molar-refractivity contribution in [1.82, 2.24) is 5.32 Å². The van der Waals surface area contributed by atoms with Crippen LogP contribution in [-0.2, 0) is 19.0 Å². The molecule has 21 heavy (non-hydrogen) atoms. The summed E-state index contributed by atoms with van der Waals surface area (Å²) in [7, 11) is -4.04. The van der Waals surface area contributed by atoms with Crippen LogP contribution in [0.3, 0.4) is 0 Å². The van der Waals surface area contributed by atoms with Crippen LogP contribution in [0.4, 0.5) is 4.79 Å². The predicted molar refractivity (Wildman–Crippen MR) is 78.6 cm³/mol. The number of benzene rings is 1. The molecule has 1 aromatic carbocycles. The average Bonchev–Trinajstić information content (AvgIpc) is 2.34. The fourth-order valence-electron chi connectivity index (χ4n) is 1.32. The van der Waals surface area contributed by atoms with Gasteiger partial charge in [-0.3, -0.25) is 4.18 Å². The van der Waals surface area contributed by atoms with Gasteiger partial charge in [0.25, 0.3) is 10.1 Å². The SMILES string of the molecule is [2H]C(CNC(=O)OC(C)(C)C)OS(=O)(=O)c1ccc(C)cc1. The molecule has 1 aromatic rings. The second-order valence-corrected chi connectivity index (χ2v) is 6.98. The van der Waals surface area contributed by atoms with Crippen LogP contribution < -0.4 is 5.32 Å². The van der Waals surface area contributed by atoms with Crippen LogP contribution in [0.25, 0.3) is 0 Å². The lowest BCUT2D eigenvalue weighted by molar-refractivity contribution is 0.0520. The van der Waals surface area contributed by atoms with Gasteiger partial charge in [0.2, 0.25) is 0 Å². The van der Waals surface area contributed by atoms with Gasteiger partial charge in [-0.05, 0) is 39.8 Å². The monoisotopic (exact) mass is 316 g/mol. The molecule has 0 saturated heterocycles. The van der Waals surface area contributed by atoms with E-state index in [1.165, 1.54) is 12.1 Å². The van der Waals surface area contributed by atoms with Crippen molar-refractivity contribution in [3.8, 4) is 0 Å². The Balaban J connectivity index is 2.55. The Bertz CT molecular complexity index is 607. The minimum absolute atomic E-state index is 0.0346. The van der Waals surface area contributed by atoms with Crippen LogP contribution in [-0.4, -0.2) is 33.2 Å². The van der Waals surface area contributed by atoms with E-state index >= 15 is 0 Å². The molecule has 1 atom stereocenters. The third kappa shape index (κ3) is 6.59. The summed E-state index contributed by atoms with van der Waals surface area (Å²) < 4.78 is 41.1. The highest BCUT2D eigenvalue weighted by atomic mass is 32.2. The van der Waals surface area contributed by atoms with Crippen molar-refractivity contribution in [3.63, 3.8) is 0 Å². The van der Waals surface area contributed by atoms with Gasteiger partial charge in [0, 0.05) is 6.54 Å². The number of ether oxygens (including phenoxy) is 1. The Kier molecular flexibility index (Phi) is 5.19. The fraction of sp³-hybridized carbons (Fsp3) is 0.500. The molecule has 0 aliphatic carbocycles. The summed E-state index contributed by atoms with van der Waals surface area (Å²) in [4.78, 5) is 11.4. The Labute approximate surface area is 127 Å². The van der Waals surface area contributed by atoms with Crippen LogP contribution in [0.1, 0.15) is 27.7 Å². The number of alkyl carbamates (subject to hydrolysis) is 1. The number of aryl methyl sites for hydroxylation is 1. The molecular weight excluding hydrogens is 294 g/mol. The van der Waals surface area contributed by atoms with Gasteiger partial charge in [-0.2, -0.15) is 8.42 Å². The highest BCUT2D eigenvalue weighted by Crippen LogP contribution is 2.12. The normalized spacial score (nSPS) is 14.2. The second kappa shape index (κ2) is 6.91. The third-order valence-electron chi connectivity index (χ3n) is 2.23. The van der Waals surface area contributed by atoms with E-state index < -0.39 is 28.4 Å². The summed E-state index contributed by atoms with van der Waals surface area (Å²) in [6.07, 6.45) is -0.735. The van der Waals surface area contributed by atoms with Gasteiger partial charge in [0.15, 0.2) is 0 Å². The van der Waals surface area contributed by atoms with E-state index in [4.69, 9.17) is 10.3 Å². The molecule has 1 unspecified atom stereocenters. The first-order valence-electron chi connectivity index (χ1n) is 6.96. The molecule has 1 N–H and O–H groups in total. The van der Waals surface area contributed by atoms with Gasteiger partial charge in [-0.15, -0.1) is 0 Å². The Morgan fingerprint density at radius 2 is 1.86 bits per heavy atom. The molecule has 118 valence electrons. The van der Waals surface area contributed by atoms with Gasteiger partial charge >= 0.3 is 6.09 Å². The van der Waals surface area contributed by atoms with E-state index in [-0.39, 0.29) is 11.4 Å². The number of carbonyl (C=O) groups excluding carboxylic acids is 1. The first-order chi connectivity index (χ1) is 9.99. The lowest BCUT2D eigenvalue weighted by Gasteiger charge is -2.19.